The predicted octanol–water partition coefficient (Wildman–Crippen LogP) is 1.77. The normalized spacial score (nSPS) is 13.2. The van der Waals surface area contributed by atoms with Gasteiger partial charge in [0, 0.05) is 12.5 Å². The summed E-state index contributed by atoms with van der Waals surface area (Å²) in [6.07, 6.45) is 0.753. The molecule has 114 valence electrons. The first kappa shape index (κ1) is 15.8. The number of rotatable bonds is 6. The van der Waals surface area contributed by atoms with Gasteiger partial charge in [-0.1, -0.05) is 13.0 Å². The van der Waals surface area contributed by atoms with Crippen molar-refractivity contribution in [1.82, 2.24) is 14.1 Å². The molecule has 1 N–H and O–H groups in total. The van der Waals surface area contributed by atoms with Crippen LogP contribution in [0.5, 0.6) is 0 Å². The van der Waals surface area contributed by atoms with Crippen LogP contribution in [0, 0.1) is 0 Å². The molecule has 8 heteroatoms. The van der Waals surface area contributed by atoms with E-state index in [2.05, 4.69) is 14.1 Å². The Bertz CT molecular complexity index is 740. The van der Waals surface area contributed by atoms with Gasteiger partial charge in [0.25, 0.3) is 0 Å². The van der Waals surface area contributed by atoms with E-state index in [1.807, 2.05) is 13.8 Å². The Kier molecular flexibility index (Phi) is 4.89. The lowest BCUT2D eigenvalue weighted by molar-refractivity contribution is -0.121. The van der Waals surface area contributed by atoms with Crippen molar-refractivity contribution < 1.29 is 13.2 Å². The fraction of sp³-hybridized carbons (Fsp3) is 0.462. The molecule has 0 spiro atoms. The van der Waals surface area contributed by atoms with Crippen LogP contribution >= 0.6 is 11.7 Å². The van der Waals surface area contributed by atoms with Crippen molar-refractivity contribution in [3.05, 3.63) is 18.2 Å². The Hall–Kier alpha value is -1.54. The Morgan fingerprint density at radius 3 is 2.86 bits per heavy atom. The third-order valence-corrected chi connectivity index (χ3v) is 5.49. The second kappa shape index (κ2) is 6.48. The van der Waals surface area contributed by atoms with Crippen molar-refractivity contribution >= 4 is 38.5 Å². The summed E-state index contributed by atoms with van der Waals surface area (Å²) in [7, 11) is -3.55. The van der Waals surface area contributed by atoms with Crippen LogP contribution in [0.25, 0.3) is 11.0 Å². The van der Waals surface area contributed by atoms with E-state index >= 15 is 0 Å². The van der Waals surface area contributed by atoms with Crippen LogP contribution in [0.2, 0.25) is 0 Å². The summed E-state index contributed by atoms with van der Waals surface area (Å²) < 4.78 is 32.8. The third kappa shape index (κ3) is 3.76. The van der Waals surface area contributed by atoms with E-state index in [1.165, 1.54) is 6.07 Å². The molecule has 6 nitrogen and oxygen atoms in total. The summed E-state index contributed by atoms with van der Waals surface area (Å²) in [5, 5.41) is 2.76. The van der Waals surface area contributed by atoms with Crippen molar-refractivity contribution in [2.24, 2.45) is 0 Å². The molecule has 21 heavy (non-hydrogen) atoms. The molecule has 0 aliphatic carbocycles. The Labute approximate surface area is 127 Å². The molecule has 2 aromatic rings. The van der Waals surface area contributed by atoms with Crippen LogP contribution in [0.15, 0.2) is 23.1 Å². The highest BCUT2D eigenvalue weighted by Gasteiger charge is 2.21. The maximum absolute atomic E-state index is 12.4. The van der Waals surface area contributed by atoms with Gasteiger partial charge in [-0.15, -0.1) is 0 Å². The number of aromatic nitrogens is 2. The first-order valence-corrected chi connectivity index (χ1v) is 9.05. The van der Waals surface area contributed by atoms with Crippen LogP contribution in [0.1, 0.15) is 26.7 Å². The summed E-state index contributed by atoms with van der Waals surface area (Å²) in [4.78, 5) is 11.8. The third-order valence-electron chi connectivity index (χ3n) is 3.20. The van der Waals surface area contributed by atoms with Crippen molar-refractivity contribution in [3.63, 3.8) is 0 Å². The van der Waals surface area contributed by atoms with Gasteiger partial charge in [-0.3, -0.25) is 4.79 Å². The number of carbonyl (C=O) groups excluding carboxylic acids is 1. The zero-order valence-corrected chi connectivity index (χ0v) is 13.5. The van der Waals surface area contributed by atoms with Gasteiger partial charge in [0.1, 0.15) is 11.0 Å². The first-order chi connectivity index (χ1) is 9.94. The fourth-order valence-electron chi connectivity index (χ4n) is 1.82. The summed E-state index contributed by atoms with van der Waals surface area (Å²) in [5.41, 5.74) is 0.940. The Morgan fingerprint density at radius 2 is 2.14 bits per heavy atom. The second-order valence-corrected chi connectivity index (χ2v) is 7.44. The molecule has 1 amide bonds. The van der Waals surface area contributed by atoms with Crippen LogP contribution < -0.4 is 5.32 Å². The number of benzene rings is 1. The predicted molar refractivity (Wildman–Crippen MR) is 82.0 cm³/mol. The number of fused-ring (bicyclic) bond motifs is 1. The topological polar surface area (TPSA) is 89.0 Å². The highest BCUT2D eigenvalue weighted by molar-refractivity contribution is 7.91. The molecule has 0 fully saturated rings. The van der Waals surface area contributed by atoms with E-state index in [4.69, 9.17) is 0 Å². The second-order valence-electron chi connectivity index (χ2n) is 4.83. The number of hydrogen-bond acceptors (Lipinski definition) is 6. The number of hydrogen-bond donors (Lipinski definition) is 1. The average Bonchev–Trinajstić information content (AvgIpc) is 2.93. The lowest BCUT2D eigenvalue weighted by Gasteiger charge is -2.11. The highest BCUT2D eigenvalue weighted by Crippen LogP contribution is 2.22. The van der Waals surface area contributed by atoms with Gasteiger partial charge in [-0.2, -0.15) is 8.75 Å². The maximum Gasteiger partial charge on any atom is 0.221 e. The molecule has 1 atom stereocenters. The summed E-state index contributed by atoms with van der Waals surface area (Å²) in [5.74, 6) is -0.483. The van der Waals surface area contributed by atoms with Gasteiger partial charge < -0.3 is 5.32 Å². The van der Waals surface area contributed by atoms with Gasteiger partial charge in [-0.25, -0.2) is 8.42 Å². The fourth-order valence-corrected chi connectivity index (χ4v) is 3.83. The number of amides is 1. The van der Waals surface area contributed by atoms with Gasteiger partial charge in [0.15, 0.2) is 9.84 Å². The molecule has 0 radical (unpaired) electrons. The Morgan fingerprint density at radius 1 is 1.38 bits per heavy atom. The van der Waals surface area contributed by atoms with E-state index in [0.29, 0.717) is 11.0 Å². The molecular weight excluding hydrogens is 310 g/mol. The molecule has 1 aromatic heterocycles. The van der Waals surface area contributed by atoms with Gasteiger partial charge >= 0.3 is 0 Å². The molecule has 0 saturated carbocycles. The van der Waals surface area contributed by atoms with Crippen molar-refractivity contribution in [3.8, 4) is 0 Å². The number of sulfone groups is 1. The maximum atomic E-state index is 12.4. The highest BCUT2D eigenvalue weighted by atomic mass is 32.2. The lowest BCUT2D eigenvalue weighted by Crippen LogP contribution is -2.33. The molecule has 0 saturated heterocycles. The Balaban J connectivity index is 2.12. The van der Waals surface area contributed by atoms with E-state index in [9.17, 15) is 13.2 Å². The molecule has 0 aliphatic rings. The molecule has 1 aromatic carbocycles. The summed E-state index contributed by atoms with van der Waals surface area (Å²) >= 11 is 0.975. The number of carbonyl (C=O) groups is 1. The van der Waals surface area contributed by atoms with Crippen LogP contribution in [0.4, 0.5) is 0 Å². The molecule has 2 rings (SSSR count). The van der Waals surface area contributed by atoms with E-state index < -0.39 is 9.84 Å². The zero-order chi connectivity index (χ0) is 15.5. The minimum atomic E-state index is -3.55. The molecule has 0 bridgehead atoms. The van der Waals surface area contributed by atoms with Crippen LogP contribution in [0.3, 0.4) is 0 Å². The van der Waals surface area contributed by atoms with Crippen molar-refractivity contribution in [2.45, 2.75) is 37.6 Å². The van der Waals surface area contributed by atoms with E-state index in [-0.39, 0.29) is 29.0 Å². The van der Waals surface area contributed by atoms with E-state index in [1.54, 1.807) is 12.1 Å². The largest absolute Gasteiger partial charge is 0.354 e. The molecule has 0 aliphatic heterocycles. The monoisotopic (exact) mass is 327 g/mol. The van der Waals surface area contributed by atoms with Gasteiger partial charge in [0.2, 0.25) is 5.91 Å². The van der Waals surface area contributed by atoms with Gasteiger partial charge in [0.05, 0.1) is 22.4 Å². The minimum Gasteiger partial charge on any atom is -0.354 e. The van der Waals surface area contributed by atoms with Gasteiger partial charge in [-0.05, 0) is 25.5 Å². The smallest absolute Gasteiger partial charge is 0.221 e. The van der Waals surface area contributed by atoms with Crippen molar-refractivity contribution in [2.75, 3.05) is 5.75 Å². The molecule has 0 unspecified atom stereocenters. The van der Waals surface area contributed by atoms with Crippen LogP contribution in [-0.4, -0.2) is 34.9 Å². The SMILES string of the molecule is CC[C@H](C)NC(=O)CCS(=O)(=O)c1cccc2nsnc12. The standard InChI is InChI=1S/C13H17N3O3S2/c1-3-9(2)14-12(17)7-8-21(18,19)11-6-4-5-10-13(11)16-20-15-10/h4-6,9H,3,7-8H2,1-2H3,(H,14,17)/t9-/m0/s1. The minimum absolute atomic E-state index is 0.0476. The number of nitrogens with zero attached hydrogens (tertiary/aromatic N) is 2. The lowest BCUT2D eigenvalue weighted by atomic mass is 10.2. The van der Waals surface area contributed by atoms with Crippen LogP contribution in [-0.2, 0) is 14.6 Å². The average molecular weight is 327 g/mol. The van der Waals surface area contributed by atoms with Crippen molar-refractivity contribution in [1.29, 1.82) is 0 Å². The van der Waals surface area contributed by atoms with E-state index in [0.717, 1.165) is 18.1 Å². The number of nitrogens with one attached hydrogen (secondary N) is 1. The molecular formula is C13H17N3O3S2. The quantitative estimate of drug-likeness (QED) is 0.873. The summed E-state index contributed by atoms with van der Waals surface area (Å²) in [6.45, 7) is 3.84. The molecule has 1 heterocycles. The first-order valence-electron chi connectivity index (χ1n) is 6.67. The summed E-state index contributed by atoms with van der Waals surface area (Å²) in [6, 6.07) is 4.90. The zero-order valence-electron chi connectivity index (χ0n) is 11.9.